The quantitative estimate of drug-likeness (QED) is 0.513. The Bertz CT molecular complexity index is 132. The molecule has 0 aromatic rings. The highest BCUT2D eigenvalue weighted by atomic mass is 14.1. The molecular weight excluding hydrogens is 120 g/mol. The van der Waals surface area contributed by atoms with Crippen LogP contribution >= 0.6 is 0 Å². The molecule has 0 heterocycles. The van der Waals surface area contributed by atoms with Crippen molar-refractivity contribution in [3.05, 3.63) is 6.92 Å². The van der Waals surface area contributed by atoms with Gasteiger partial charge in [0.1, 0.15) is 0 Å². The molecule has 0 unspecified atom stereocenters. The first-order valence-corrected chi connectivity index (χ1v) is 3.91. The van der Waals surface area contributed by atoms with E-state index in [2.05, 4.69) is 39.5 Å². The van der Waals surface area contributed by atoms with Crippen molar-refractivity contribution in [2.45, 2.75) is 40.0 Å². The minimum Gasteiger partial charge on any atom is -0.103 e. The number of rotatable bonds is 2. The summed E-state index contributed by atoms with van der Waals surface area (Å²) in [5.41, 5.74) is 0.204. The monoisotopic (exact) mass is 137 g/mol. The fraction of sp³-hybridized carbons (Fsp3) is 0.700. The van der Waals surface area contributed by atoms with Gasteiger partial charge >= 0.3 is 0 Å². The molecule has 57 valence electrons. The Morgan fingerprint density at radius 3 is 2.40 bits per heavy atom. The van der Waals surface area contributed by atoms with Crippen LogP contribution in [0.3, 0.4) is 0 Å². The van der Waals surface area contributed by atoms with E-state index in [4.69, 9.17) is 0 Å². The normalized spacial score (nSPS) is 10.4. The zero-order chi connectivity index (χ0) is 8.04. The van der Waals surface area contributed by atoms with E-state index < -0.39 is 0 Å². The zero-order valence-electron chi connectivity index (χ0n) is 7.33. The van der Waals surface area contributed by atoms with Crippen molar-refractivity contribution in [3.8, 4) is 11.8 Å². The molecule has 0 aliphatic rings. The first-order chi connectivity index (χ1) is 4.62. The van der Waals surface area contributed by atoms with Crippen LogP contribution < -0.4 is 0 Å². The third-order valence-electron chi connectivity index (χ3n) is 1.61. The third-order valence-corrected chi connectivity index (χ3v) is 1.61. The van der Waals surface area contributed by atoms with Gasteiger partial charge in [0.05, 0.1) is 0 Å². The lowest BCUT2D eigenvalue weighted by molar-refractivity contribution is 0.484. The maximum Gasteiger partial charge on any atom is 0.0255 e. The largest absolute Gasteiger partial charge is 0.103 e. The molecule has 10 heavy (non-hydrogen) atoms. The Morgan fingerprint density at radius 1 is 1.40 bits per heavy atom. The lowest BCUT2D eigenvalue weighted by atomic mass is 9.91. The first-order valence-electron chi connectivity index (χ1n) is 3.91. The lowest BCUT2D eigenvalue weighted by Gasteiger charge is -2.12. The van der Waals surface area contributed by atoms with Crippen LogP contribution in [0, 0.1) is 24.2 Å². The van der Waals surface area contributed by atoms with E-state index in [0.717, 1.165) is 19.3 Å². The van der Waals surface area contributed by atoms with Gasteiger partial charge in [0, 0.05) is 11.8 Å². The van der Waals surface area contributed by atoms with E-state index in [1.165, 1.54) is 0 Å². The van der Waals surface area contributed by atoms with E-state index in [9.17, 15) is 0 Å². The Balaban J connectivity index is 3.77. The molecule has 0 rings (SSSR count). The number of unbranched alkanes of at least 4 members (excludes halogenated alkanes) is 1. The van der Waals surface area contributed by atoms with Crippen molar-refractivity contribution in [2.24, 2.45) is 5.41 Å². The molecule has 0 aliphatic carbocycles. The average molecular weight is 137 g/mol. The fourth-order valence-electron chi connectivity index (χ4n) is 0.479. The van der Waals surface area contributed by atoms with E-state index >= 15 is 0 Å². The van der Waals surface area contributed by atoms with E-state index in [1.807, 2.05) is 0 Å². The van der Waals surface area contributed by atoms with Gasteiger partial charge in [-0.1, -0.05) is 19.8 Å². The summed E-state index contributed by atoms with van der Waals surface area (Å²) >= 11 is 0. The second kappa shape index (κ2) is 4.39. The van der Waals surface area contributed by atoms with Gasteiger partial charge in [-0.2, -0.15) is 0 Å². The summed E-state index contributed by atoms with van der Waals surface area (Å²) in [5, 5.41) is 0. The van der Waals surface area contributed by atoms with Crippen molar-refractivity contribution in [3.63, 3.8) is 0 Å². The average Bonchev–Trinajstić information content (AvgIpc) is 1.89. The second-order valence-corrected chi connectivity index (χ2v) is 3.14. The standard InChI is InChI=1S/C10H17/c1-5-7-8-9-10(3,4)6-2/h1,5-7H2,2-4H3. The zero-order valence-corrected chi connectivity index (χ0v) is 7.33. The van der Waals surface area contributed by atoms with Crippen LogP contribution in [0.4, 0.5) is 0 Å². The smallest absolute Gasteiger partial charge is 0.0255 e. The van der Waals surface area contributed by atoms with Crippen LogP contribution in [-0.2, 0) is 0 Å². The molecule has 0 atom stereocenters. The van der Waals surface area contributed by atoms with Crippen molar-refractivity contribution < 1.29 is 0 Å². The Morgan fingerprint density at radius 2 is 2.00 bits per heavy atom. The maximum absolute atomic E-state index is 3.73. The third kappa shape index (κ3) is 4.44. The molecule has 0 N–H and O–H groups in total. The van der Waals surface area contributed by atoms with Gasteiger partial charge < -0.3 is 0 Å². The molecule has 0 aliphatic heterocycles. The van der Waals surface area contributed by atoms with Crippen LogP contribution in [0.2, 0.25) is 0 Å². The molecule has 0 aromatic heterocycles. The molecule has 0 saturated heterocycles. The predicted molar refractivity (Wildman–Crippen MR) is 46.4 cm³/mol. The molecule has 0 aromatic carbocycles. The van der Waals surface area contributed by atoms with Gasteiger partial charge in [-0.05, 0) is 26.7 Å². The van der Waals surface area contributed by atoms with Gasteiger partial charge in [-0.3, -0.25) is 0 Å². The summed E-state index contributed by atoms with van der Waals surface area (Å²) < 4.78 is 0. The number of hydrogen-bond acceptors (Lipinski definition) is 0. The van der Waals surface area contributed by atoms with Crippen molar-refractivity contribution in [1.29, 1.82) is 0 Å². The second-order valence-electron chi connectivity index (χ2n) is 3.14. The number of hydrogen-bond donors (Lipinski definition) is 0. The summed E-state index contributed by atoms with van der Waals surface area (Å²) in [6.07, 6.45) is 2.98. The molecular formula is C10H17. The first kappa shape index (κ1) is 9.56. The topological polar surface area (TPSA) is 0 Å². The lowest BCUT2D eigenvalue weighted by Crippen LogP contribution is -2.04. The Labute approximate surface area is 65.0 Å². The molecule has 0 fully saturated rings. The maximum atomic E-state index is 3.73. The Hall–Kier alpha value is -0.440. The van der Waals surface area contributed by atoms with E-state index in [0.29, 0.717) is 0 Å². The fourth-order valence-corrected chi connectivity index (χ4v) is 0.479. The summed E-state index contributed by atoms with van der Waals surface area (Å²) in [6.45, 7) is 10.2. The summed E-state index contributed by atoms with van der Waals surface area (Å²) in [7, 11) is 0. The minimum atomic E-state index is 0.204. The highest BCUT2D eigenvalue weighted by molar-refractivity contribution is 5.08. The van der Waals surface area contributed by atoms with Crippen molar-refractivity contribution in [1.82, 2.24) is 0 Å². The van der Waals surface area contributed by atoms with Gasteiger partial charge in [0.2, 0.25) is 0 Å². The SMILES string of the molecule is [CH2]CCC#CC(C)(C)CC. The molecule has 0 saturated carbocycles. The predicted octanol–water partition coefficient (Wildman–Crippen LogP) is 3.04. The van der Waals surface area contributed by atoms with Crippen LogP contribution in [0.1, 0.15) is 40.0 Å². The van der Waals surface area contributed by atoms with Gasteiger partial charge in [-0.25, -0.2) is 0 Å². The van der Waals surface area contributed by atoms with Crippen molar-refractivity contribution in [2.75, 3.05) is 0 Å². The van der Waals surface area contributed by atoms with Crippen LogP contribution in [0.5, 0.6) is 0 Å². The van der Waals surface area contributed by atoms with Gasteiger partial charge in [-0.15, -0.1) is 5.92 Å². The van der Waals surface area contributed by atoms with Crippen LogP contribution in [0.25, 0.3) is 0 Å². The molecule has 0 amide bonds. The molecule has 0 nitrogen and oxygen atoms in total. The van der Waals surface area contributed by atoms with E-state index in [1.54, 1.807) is 0 Å². The highest BCUT2D eigenvalue weighted by Crippen LogP contribution is 2.17. The van der Waals surface area contributed by atoms with Crippen LogP contribution in [-0.4, -0.2) is 0 Å². The molecule has 1 radical (unpaired) electrons. The summed E-state index contributed by atoms with van der Waals surface area (Å²) in [4.78, 5) is 0. The summed E-state index contributed by atoms with van der Waals surface area (Å²) in [5.74, 6) is 6.33. The van der Waals surface area contributed by atoms with Crippen LogP contribution in [0.15, 0.2) is 0 Å². The summed E-state index contributed by atoms with van der Waals surface area (Å²) in [6, 6.07) is 0. The van der Waals surface area contributed by atoms with E-state index in [-0.39, 0.29) is 5.41 Å². The van der Waals surface area contributed by atoms with Crippen molar-refractivity contribution >= 4 is 0 Å². The highest BCUT2D eigenvalue weighted by Gasteiger charge is 2.08. The van der Waals surface area contributed by atoms with Gasteiger partial charge in [0.25, 0.3) is 0 Å². The Kier molecular flexibility index (Phi) is 4.19. The molecule has 0 heteroatoms. The molecule has 0 spiro atoms. The minimum absolute atomic E-state index is 0.204. The van der Waals surface area contributed by atoms with Gasteiger partial charge in [0.15, 0.2) is 0 Å². The molecule has 0 bridgehead atoms.